The topological polar surface area (TPSA) is 25.5 Å². The van der Waals surface area contributed by atoms with Gasteiger partial charge in [-0.15, -0.1) is 0 Å². The Bertz CT molecular complexity index is 1110. The van der Waals surface area contributed by atoms with Crippen LogP contribution in [0.15, 0.2) is 54.7 Å². The lowest BCUT2D eigenvalue weighted by molar-refractivity contribution is 0.222. The van der Waals surface area contributed by atoms with Crippen LogP contribution in [0.1, 0.15) is 44.6 Å². The monoisotopic (exact) mass is 386 g/mol. The zero-order valence-corrected chi connectivity index (χ0v) is 17.5. The van der Waals surface area contributed by atoms with E-state index in [1.807, 2.05) is 0 Å². The maximum atomic E-state index is 4.98. The van der Waals surface area contributed by atoms with Crippen molar-refractivity contribution >= 4 is 16.8 Å². The van der Waals surface area contributed by atoms with Crippen molar-refractivity contribution in [3.05, 3.63) is 60.3 Å². The number of likely N-dealkylation sites (tertiary alicyclic amines) is 1. The lowest BCUT2D eigenvalue weighted by atomic mass is 10.0. The molecule has 1 fully saturated rings. The summed E-state index contributed by atoms with van der Waals surface area (Å²) in [5.41, 5.74) is 6.15. The molecule has 1 saturated heterocycles. The van der Waals surface area contributed by atoms with Gasteiger partial charge in [0.1, 0.15) is 0 Å². The number of hydrogen-bond donors (Lipinski definition) is 0. The molecule has 150 valence electrons. The molecule has 0 spiro atoms. The highest BCUT2D eigenvalue weighted by molar-refractivity contribution is 5.81. The summed E-state index contributed by atoms with van der Waals surface area (Å²) in [6.07, 6.45) is 6.31. The zero-order chi connectivity index (χ0) is 19.8. The van der Waals surface area contributed by atoms with Gasteiger partial charge in [0.2, 0.25) is 5.78 Å². The minimum atomic E-state index is 0.552. The Morgan fingerprint density at radius 1 is 0.897 bits per heavy atom. The average Bonchev–Trinajstić information content (AvgIpc) is 3.29. The van der Waals surface area contributed by atoms with Gasteiger partial charge in [-0.25, -0.2) is 4.98 Å². The van der Waals surface area contributed by atoms with Crippen LogP contribution in [0, 0.1) is 0 Å². The summed E-state index contributed by atoms with van der Waals surface area (Å²) in [5, 5.41) is 0. The molecule has 0 atom stereocenters. The van der Waals surface area contributed by atoms with Crippen LogP contribution >= 0.6 is 0 Å². The average molecular weight is 387 g/mol. The highest BCUT2D eigenvalue weighted by Crippen LogP contribution is 2.28. The van der Waals surface area contributed by atoms with Gasteiger partial charge in [-0.3, -0.25) is 4.40 Å². The van der Waals surface area contributed by atoms with Crippen molar-refractivity contribution in [2.45, 2.75) is 45.6 Å². The van der Waals surface area contributed by atoms with Gasteiger partial charge in [0.05, 0.1) is 16.7 Å². The quantitative estimate of drug-likeness (QED) is 0.448. The third-order valence-electron chi connectivity index (χ3n) is 6.32. The minimum Gasteiger partial charge on any atom is -0.308 e. The van der Waals surface area contributed by atoms with Crippen LogP contribution in [0.4, 0.5) is 0 Å². The van der Waals surface area contributed by atoms with Crippen LogP contribution in [0.2, 0.25) is 0 Å². The molecule has 4 aromatic rings. The molecule has 0 aliphatic carbocycles. The van der Waals surface area contributed by atoms with E-state index in [4.69, 9.17) is 4.98 Å². The normalized spacial score (nSPS) is 15.7. The third-order valence-corrected chi connectivity index (χ3v) is 6.32. The summed E-state index contributed by atoms with van der Waals surface area (Å²) in [4.78, 5) is 7.58. The fourth-order valence-electron chi connectivity index (χ4n) is 4.56. The highest BCUT2D eigenvalue weighted by Gasteiger charge is 2.17. The second-order valence-electron chi connectivity index (χ2n) is 8.62. The Kier molecular flexibility index (Phi) is 4.88. The van der Waals surface area contributed by atoms with E-state index in [1.54, 1.807) is 0 Å². The Morgan fingerprint density at radius 2 is 1.66 bits per heavy atom. The fourth-order valence-corrected chi connectivity index (χ4v) is 4.56. The Morgan fingerprint density at radius 3 is 2.41 bits per heavy atom. The van der Waals surface area contributed by atoms with Crippen LogP contribution in [0.25, 0.3) is 28.1 Å². The lowest BCUT2D eigenvalue weighted by Crippen LogP contribution is -2.32. The first kappa shape index (κ1) is 18.4. The molecule has 29 heavy (non-hydrogen) atoms. The molecule has 1 aliphatic rings. The van der Waals surface area contributed by atoms with Gasteiger partial charge in [-0.1, -0.05) is 56.7 Å². The molecule has 0 saturated carbocycles. The van der Waals surface area contributed by atoms with Gasteiger partial charge in [0.25, 0.3) is 0 Å². The number of para-hydroxylation sites is 2. The molecule has 3 heterocycles. The van der Waals surface area contributed by atoms with Crippen molar-refractivity contribution in [2.24, 2.45) is 0 Å². The molecule has 2 aromatic carbocycles. The standard InChI is InChI=1S/C25H30N4/c1-19(2)20-10-12-21(13-11-20)24-18-29-23-9-5-4-8-22(23)26-25(29)28(24)17-16-27-14-6-3-7-15-27/h4-5,8-13,18-19H,3,6-7,14-17H2,1-2H3. The molecule has 5 rings (SSSR count). The van der Waals surface area contributed by atoms with Crippen molar-refractivity contribution in [1.29, 1.82) is 0 Å². The van der Waals surface area contributed by atoms with Gasteiger partial charge in [-0.2, -0.15) is 0 Å². The van der Waals surface area contributed by atoms with Crippen LogP contribution in [-0.2, 0) is 6.54 Å². The van der Waals surface area contributed by atoms with Crippen molar-refractivity contribution in [3.8, 4) is 11.3 Å². The van der Waals surface area contributed by atoms with Gasteiger partial charge in [0.15, 0.2) is 0 Å². The van der Waals surface area contributed by atoms with Crippen molar-refractivity contribution in [1.82, 2.24) is 18.9 Å². The van der Waals surface area contributed by atoms with Crippen molar-refractivity contribution in [3.63, 3.8) is 0 Å². The maximum Gasteiger partial charge on any atom is 0.215 e. The van der Waals surface area contributed by atoms with Crippen LogP contribution < -0.4 is 0 Å². The molecule has 4 nitrogen and oxygen atoms in total. The molecular weight excluding hydrogens is 356 g/mol. The molecule has 0 amide bonds. The van der Waals surface area contributed by atoms with E-state index in [1.165, 1.54) is 54.7 Å². The first-order valence-corrected chi connectivity index (χ1v) is 11.0. The van der Waals surface area contributed by atoms with Crippen LogP contribution in [-0.4, -0.2) is 38.5 Å². The summed E-state index contributed by atoms with van der Waals surface area (Å²) < 4.78 is 4.68. The van der Waals surface area contributed by atoms with Gasteiger partial charge in [0, 0.05) is 19.3 Å². The number of hydrogen-bond acceptors (Lipinski definition) is 2. The molecule has 0 bridgehead atoms. The van der Waals surface area contributed by atoms with Gasteiger partial charge < -0.3 is 9.47 Å². The molecule has 4 heteroatoms. The van der Waals surface area contributed by atoms with E-state index in [2.05, 4.69) is 82.4 Å². The van der Waals surface area contributed by atoms with E-state index in [9.17, 15) is 0 Å². The van der Waals surface area contributed by atoms with E-state index in [0.29, 0.717) is 5.92 Å². The van der Waals surface area contributed by atoms with Crippen LogP contribution in [0.5, 0.6) is 0 Å². The predicted molar refractivity (Wildman–Crippen MR) is 121 cm³/mol. The number of nitrogens with zero attached hydrogens (tertiary/aromatic N) is 4. The van der Waals surface area contributed by atoms with E-state index in [-0.39, 0.29) is 0 Å². The second-order valence-corrected chi connectivity index (χ2v) is 8.62. The summed E-state index contributed by atoms with van der Waals surface area (Å²) >= 11 is 0. The number of piperidine rings is 1. The smallest absolute Gasteiger partial charge is 0.215 e. The number of rotatable bonds is 5. The SMILES string of the molecule is CC(C)c1ccc(-c2cn3c4ccccc4nc3n2CCN2CCCCC2)cc1. The number of benzene rings is 2. The third kappa shape index (κ3) is 3.46. The summed E-state index contributed by atoms with van der Waals surface area (Å²) in [5.74, 6) is 1.60. The number of aromatic nitrogens is 3. The van der Waals surface area contributed by atoms with Crippen molar-refractivity contribution in [2.75, 3.05) is 19.6 Å². The van der Waals surface area contributed by atoms with E-state index < -0.39 is 0 Å². The molecule has 2 aromatic heterocycles. The Balaban J connectivity index is 1.57. The van der Waals surface area contributed by atoms with E-state index >= 15 is 0 Å². The second kappa shape index (κ2) is 7.68. The molecular formula is C25H30N4. The fraction of sp³-hybridized carbons (Fsp3) is 0.400. The largest absolute Gasteiger partial charge is 0.308 e. The summed E-state index contributed by atoms with van der Waals surface area (Å²) in [6.45, 7) is 9.01. The van der Waals surface area contributed by atoms with Crippen LogP contribution in [0.3, 0.4) is 0 Å². The van der Waals surface area contributed by atoms with Gasteiger partial charge >= 0.3 is 0 Å². The molecule has 0 unspecified atom stereocenters. The summed E-state index contributed by atoms with van der Waals surface area (Å²) in [7, 11) is 0. The van der Waals surface area contributed by atoms with Gasteiger partial charge in [-0.05, 0) is 55.1 Å². The van der Waals surface area contributed by atoms with E-state index in [0.717, 1.165) is 24.4 Å². The van der Waals surface area contributed by atoms with Crippen molar-refractivity contribution < 1.29 is 0 Å². The molecule has 1 aliphatic heterocycles. The maximum absolute atomic E-state index is 4.98. The zero-order valence-electron chi connectivity index (χ0n) is 17.5. The Hall–Kier alpha value is -2.59. The number of imidazole rings is 2. The lowest BCUT2D eigenvalue weighted by Gasteiger charge is -2.26. The summed E-state index contributed by atoms with van der Waals surface area (Å²) in [6, 6.07) is 17.5. The first-order chi connectivity index (χ1) is 14.2. The molecule has 0 N–H and O–H groups in total. The predicted octanol–water partition coefficient (Wildman–Crippen LogP) is 5.57. The molecule has 0 radical (unpaired) electrons. The Labute approximate surface area is 172 Å². The highest BCUT2D eigenvalue weighted by atomic mass is 15.2. The first-order valence-electron chi connectivity index (χ1n) is 11.0. The minimum absolute atomic E-state index is 0.552. The number of fused-ring (bicyclic) bond motifs is 3.